The lowest BCUT2D eigenvalue weighted by Gasteiger charge is -2.03. The van der Waals surface area contributed by atoms with Crippen LogP contribution in [0.2, 0.25) is 5.02 Å². The summed E-state index contributed by atoms with van der Waals surface area (Å²) in [7, 11) is 0. The van der Waals surface area contributed by atoms with Gasteiger partial charge in [-0.1, -0.05) is 17.7 Å². The highest BCUT2D eigenvalue weighted by molar-refractivity contribution is 7.12. The van der Waals surface area contributed by atoms with Gasteiger partial charge in [-0.25, -0.2) is 0 Å². The van der Waals surface area contributed by atoms with E-state index in [4.69, 9.17) is 21.8 Å². The molecule has 3 rings (SSSR count). The van der Waals surface area contributed by atoms with Crippen molar-refractivity contribution in [2.75, 3.05) is 5.32 Å². The number of carbonyl (C=O) groups excluding carboxylic acids is 2. The van der Waals surface area contributed by atoms with Crippen molar-refractivity contribution in [3.8, 4) is 0 Å². The summed E-state index contributed by atoms with van der Waals surface area (Å²) in [6, 6.07) is 8.29. The number of furan rings is 1. The van der Waals surface area contributed by atoms with Gasteiger partial charge in [-0.2, -0.15) is 0 Å². The molecule has 0 aliphatic carbocycles. The number of rotatable bonds is 3. The molecule has 0 atom stereocenters. The van der Waals surface area contributed by atoms with Crippen LogP contribution in [0.15, 0.2) is 40.1 Å². The van der Waals surface area contributed by atoms with E-state index in [1.165, 1.54) is 11.3 Å². The Balaban J connectivity index is 2.11. The second kappa shape index (κ2) is 5.23. The molecule has 0 aliphatic heterocycles. The van der Waals surface area contributed by atoms with Gasteiger partial charge in [0.25, 0.3) is 11.8 Å². The molecule has 0 radical (unpaired) electrons. The summed E-state index contributed by atoms with van der Waals surface area (Å²) >= 11 is 7.24. The number of nitrogens with two attached hydrogens (primary N) is 1. The Labute approximate surface area is 128 Å². The van der Waals surface area contributed by atoms with Crippen molar-refractivity contribution in [2.45, 2.75) is 0 Å². The molecule has 7 heteroatoms. The van der Waals surface area contributed by atoms with E-state index in [2.05, 4.69) is 5.32 Å². The lowest BCUT2D eigenvalue weighted by Crippen LogP contribution is -2.16. The highest BCUT2D eigenvalue weighted by Gasteiger charge is 2.21. The zero-order valence-corrected chi connectivity index (χ0v) is 12.1. The van der Waals surface area contributed by atoms with E-state index in [-0.39, 0.29) is 17.4 Å². The van der Waals surface area contributed by atoms with E-state index in [1.54, 1.807) is 35.7 Å². The molecule has 0 saturated heterocycles. The summed E-state index contributed by atoms with van der Waals surface area (Å²) in [5.41, 5.74) is 5.96. The summed E-state index contributed by atoms with van der Waals surface area (Å²) in [6.07, 6.45) is 0. The van der Waals surface area contributed by atoms with Gasteiger partial charge in [0.15, 0.2) is 0 Å². The van der Waals surface area contributed by atoms with Gasteiger partial charge < -0.3 is 15.5 Å². The van der Waals surface area contributed by atoms with Gasteiger partial charge in [-0.05, 0) is 29.6 Å². The summed E-state index contributed by atoms with van der Waals surface area (Å²) < 4.78 is 5.39. The lowest BCUT2D eigenvalue weighted by molar-refractivity contribution is 0.0977. The molecule has 0 fully saturated rings. The van der Waals surface area contributed by atoms with Crippen molar-refractivity contribution in [3.63, 3.8) is 0 Å². The fraction of sp³-hybridized carbons (Fsp3) is 0. The molecule has 0 aliphatic rings. The van der Waals surface area contributed by atoms with Crippen LogP contribution < -0.4 is 11.1 Å². The van der Waals surface area contributed by atoms with Crippen LogP contribution in [0.25, 0.3) is 11.0 Å². The minimum atomic E-state index is -0.760. The Hall–Kier alpha value is -2.31. The lowest BCUT2D eigenvalue weighted by atomic mass is 10.2. The van der Waals surface area contributed by atoms with Crippen LogP contribution in [0.4, 0.5) is 5.69 Å². The monoisotopic (exact) mass is 320 g/mol. The third kappa shape index (κ3) is 2.51. The summed E-state index contributed by atoms with van der Waals surface area (Å²) in [4.78, 5) is 24.2. The van der Waals surface area contributed by atoms with Crippen molar-refractivity contribution in [1.29, 1.82) is 0 Å². The highest BCUT2D eigenvalue weighted by atomic mass is 35.5. The van der Waals surface area contributed by atoms with E-state index in [1.807, 2.05) is 0 Å². The van der Waals surface area contributed by atoms with E-state index < -0.39 is 5.91 Å². The molecule has 0 saturated carbocycles. The number of anilines is 1. The van der Waals surface area contributed by atoms with E-state index in [0.717, 1.165) is 0 Å². The van der Waals surface area contributed by atoms with Crippen LogP contribution >= 0.6 is 22.9 Å². The molecule has 1 aromatic carbocycles. The second-order valence-corrected chi connectivity index (χ2v) is 5.63. The molecule has 3 aromatic rings. The zero-order chi connectivity index (χ0) is 15.0. The number of halogens is 1. The van der Waals surface area contributed by atoms with Crippen molar-refractivity contribution in [2.24, 2.45) is 5.73 Å². The van der Waals surface area contributed by atoms with E-state index in [0.29, 0.717) is 20.9 Å². The van der Waals surface area contributed by atoms with Crippen LogP contribution in [0.5, 0.6) is 0 Å². The zero-order valence-electron chi connectivity index (χ0n) is 10.6. The highest BCUT2D eigenvalue weighted by Crippen LogP contribution is 2.33. The Morgan fingerprint density at radius 1 is 1.29 bits per heavy atom. The van der Waals surface area contributed by atoms with Crippen LogP contribution in [-0.4, -0.2) is 11.8 Å². The molecular formula is C14H9ClN2O3S. The number of hydrogen-bond donors (Lipinski definition) is 2. The topological polar surface area (TPSA) is 85.3 Å². The van der Waals surface area contributed by atoms with E-state index >= 15 is 0 Å². The second-order valence-electron chi connectivity index (χ2n) is 4.24. The van der Waals surface area contributed by atoms with Crippen molar-refractivity contribution >= 4 is 51.4 Å². The number of nitrogens with one attached hydrogen (secondary N) is 1. The van der Waals surface area contributed by atoms with Crippen molar-refractivity contribution in [1.82, 2.24) is 0 Å². The number of thiophene rings is 1. The van der Waals surface area contributed by atoms with Gasteiger partial charge in [-0.3, -0.25) is 9.59 Å². The predicted molar refractivity (Wildman–Crippen MR) is 82.0 cm³/mol. The first-order valence-corrected chi connectivity index (χ1v) is 7.18. The number of benzene rings is 1. The first-order chi connectivity index (χ1) is 10.1. The number of fused-ring (bicyclic) bond motifs is 1. The predicted octanol–water partition coefficient (Wildman–Crippen LogP) is 3.50. The third-order valence-corrected chi connectivity index (χ3v) is 3.96. The van der Waals surface area contributed by atoms with E-state index in [9.17, 15) is 9.59 Å². The average Bonchev–Trinajstić information content (AvgIpc) is 3.07. The van der Waals surface area contributed by atoms with Gasteiger partial charge >= 0.3 is 0 Å². The average molecular weight is 321 g/mol. The molecule has 3 N–H and O–H groups in total. The number of amides is 2. The van der Waals surface area contributed by atoms with Gasteiger partial charge in [0, 0.05) is 10.4 Å². The van der Waals surface area contributed by atoms with Crippen LogP contribution in [0.3, 0.4) is 0 Å². The summed E-state index contributed by atoms with van der Waals surface area (Å²) in [5, 5.41) is 5.44. The Bertz CT molecular complexity index is 839. The van der Waals surface area contributed by atoms with Gasteiger partial charge in [-0.15, -0.1) is 11.3 Å². The minimum Gasteiger partial charge on any atom is -0.449 e. The van der Waals surface area contributed by atoms with Crippen LogP contribution in [0, 0.1) is 0 Å². The molecule has 2 heterocycles. The first kappa shape index (κ1) is 13.7. The molecule has 0 unspecified atom stereocenters. The first-order valence-electron chi connectivity index (χ1n) is 5.93. The van der Waals surface area contributed by atoms with Gasteiger partial charge in [0.1, 0.15) is 11.3 Å². The number of hydrogen-bond acceptors (Lipinski definition) is 4. The summed E-state index contributed by atoms with van der Waals surface area (Å²) in [6.45, 7) is 0. The van der Waals surface area contributed by atoms with Crippen LogP contribution in [-0.2, 0) is 0 Å². The molecule has 0 bridgehead atoms. The normalized spacial score (nSPS) is 10.7. The molecule has 0 spiro atoms. The third-order valence-electron chi connectivity index (χ3n) is 2.86. The molecule has 21 heavy (non-hydrogen) atoms. The minimum absolute atomic E-state index is 0.0998. The quantitative estimate of drug-likeness (QED) is 0.774. The SMILES string of the molecule is NC(=O)c1oc2ccc(Cl)cc2c1NC(=O)c1cccs1. The molecule has 106 valence electrons. The van der Waals surface area contributed by atoms with Gasteiger partial charge in [0.05, 0.1) is 4.88 Å². The molecule has 2 amide bonds. The number of carbonyl (C=O) groups is 2. The fourth-order valence-corrected chi connectivity index (χ4v) is 2.74. The maximum absolute atomic E-state index is 12.1. The Morgan fingerprint density at radius 2 is 2.10 bits per heavy atom. The summed E-state index contributed by atoms with van der Waals surface area (Å²) in [5.74, 6) is -1.20. The number of primary amides is 1. The maximum Gasteiger partial charge on any atom is 0.286 e. The van der Waals surface area contributed by atoms with Crippen molar-refractivity contribution in [3.05, 3.63) is 51.4 Å². The maximum atomic E-state index is 12.1. The molecular weight excluding hydrogens is 312 g/mol. The van der Waals surface area contributed by atoms with Crippen molar-refractivity contribution < 1.29 is 14.0 Å². The standard InChI is InChI=1S/C14H9ClN2O3S/c15-7-3-4-9-8(6-7)11(12(20-9)13(16)18)17-14(19)10-2-1-5-21-10/h1-6H,(H2,16,18)(H,17,19). The molecule has 5 nitrogen and oxygen atoms in total. The Kier molecular flexibility index (Phi) is 3.40. The van der Waals surface area contributed by atoms with Gasteiger partial charge in [0.2, 0.25) is 5.76 Å². The largest absolute Gasteiger partial charge is 0.449 e. The smallest absolute Gasteiger partial charge is 0.286 e. The molecule has 2 aromatic heterocycles. The fourth-order valence-electron chi connectivity index (χ4n) is 1.95. The van der Waals surface area contributed by atoms with Crippen LogP contribution in [0.1, 0.15) is 20.2 Å². The Morgan fingerprint density at radius 3 is 2.76 bits per heavy atom.